The maximum Gasteiger partial charge on any atom is 0.225 e. The van der Waals surface area contributed by atoms with Gasteiger partial charge in [0.05, 0.1) is 20.4 Å². The molecule has 0 aliphatic carbocycles. The first kappa shape index (κ1) is 20.1. The number of allylic oxidation sites excluding steroid dienone is 4. The van der Waals surface area contributed by atoms with Gasteiger partial charge >= 0.3 is 0 Å². The third-order valence-electron chi connectivity index (χ3n) is 4.21. The summed E-state index contributed by atoms with van der Waals surface area (Å²) in [6, 6.07) is 11.6. The zero-order valence-corrected chi connectivity index (χ0v) is 16.3. The standard InChI is InChI=1S/C22H26N2O3/c1-6-19(26-4)12-16(2)17(3)23-22-13-20(25)21(27-5)15-24(22)14-18-10-8-7-9-11-18/h6-13,15,23H,1,14H2,2-5H3/b17-16+,19-12+. The van der Waals surface area contributed by atoms with E-state index in [1.54, 1.807) is 25.4 Å². The smallest absolute Gasteiger partial charge is 0.225 e. The zero-order chi connectivity index (χ0) is 19.8. The number of nitrogens with zero attached hydrogens (tertiary/aromatic N) is 1. The van der Waals surface area contributed by atoms with Crippen molar-refractivity contribution < 1.29 is 9.47 Å². The summed E-state index contributed by atoms with van der Waals surface area (Å²) >= 11 is 0. The van der Waals surface area contributed by atoms with E-state index in [1.165, 1.54) is 7.11 Å². The minimum Gasteiger partial charge on any atom is -0.497 e. The topological polar surface area (TPSA) is 52.5 Å². The Kier molecular flexibility index (Phi) is 7.06. The lowest BCUT2D eigenvalue weighted by molar-refractivity contribution is 0.307. The predicted molar refractivity (Wildman–Crippen MR) is 110 cm³/mol. The summed E-state index contributed by atoms with van der Waals surface area (Å²) < 4.78 is 12.4. The van der Waals surface area contributed by atoms with Crippen LogP contribution in [0.3, 0.4) is 0 Å². The molecule has 0 unspecified atom stereocenters. The van der Waals surface area contributed by atoms with E-state index in [0.717, 1.165) is 16.8 Å². The molecule has 5 heteroatoms. The van der Waals surface area contributed by atoms with Crippen molar-refractivity contribution in [2.24, 2.45) is 0 Å². The van der Waals surface area contributed by atoms with Crippen LogP contribution >= 0.6 is 0 Å². The predicted octanol–water partition coefficient (Wildman–Crippen LogP) is 4.33. The molecule has 1 aromatic carbocycles. The lowest BCUT2D eigenvalue weighted by Crippen LogP contribution is -2.15. The van der Waals surface area contributed by atoms with Crippen LogP contribution in [0.5, 0.6) is 5.75 Å². The number of rotatable bonds is 8. The van der Waals surface area contributed by atoms with Crippen molar-refractivity contribution in [2.45, 2.75) is 20.4 Å². The molecule has 0 atom stereocenters. The fourth-order valence-corrected chi connectivity index (χ4v) is 2.54. The van der Waals surface area contributed by atoms with E-state index >= 15 is 0 Å². The average molecular weight is 366 g/mol. The van der Waals surface area contributed by atoms with Crippen LogP contribution in [-0.2, 0) is 11.3 Å². The summed E-state index contributed by atoms with van der Waals surface area (Å²) in [4.78, 5) is 12.3. The molecule has 0 bridgehead atoms. The first-order chi connectivity index (χ1) is 13.0. The second kappa shape index (κ2) is 9.48. The van der Waals surface area contributed by atoms with E-state index in [9.17, 15) is 4.79 Å². The quantitative estimate of drug-likeness (QED) is 0.558. The Labute approximate surface area is 160 Å². The molecule has 1 N–H and O–H groups in total. The summed E-state index contributed by atoms with van der Waals surface area (Å²) in [5.41, 5.74) is 2.82. The van der Waals surface area contributed by atoms with Gasteiger partial charge in [-0.15, -0.1) is 0 Å². The van der Waals surface area contributed by atoms with Gasteiger partial charge in [0, 0.05) is 18.3 Å². The molecule has 27 heavy (non-hydrogen) atoms. The van der Waals surface area contributed by atoms with Gasteiger partial charge in [-0.1, -0.05) is 36.9 Å². The van der Waals surface area contributed by atoms with E-state index in [2.05, 4.69) is 11.9 Å². The molecule has 0 saturated heterocycles. The van der Waals surface area contributed by atoms with Crippen LogP contribution in [0.4, 0.5) is 5.82 Å². The summed E-state index contributed by atoms with van der Waals surface area (Å²) in [7, 11) is 3.10. The third kappa shape index (κ3) is 5.38. The number of hydrogen-bond donors (Lipinski definition) is 1. The highest BCUT2D eigenvalue weighted by Crippen LogP contribution is 2.18. The number of pyridine rings is 1. The van der Waals surface area contributed by atoms with Gasteiger partial charge in [-0.3, -0.25) is 4.79 Å². The minimum atomic E-state index is -0.172. The number of aromatic nitrogens is 1. The van der Waals surface area contributed by atoms with Crippen molar-refractivity contribution in [1.82, 2.24) is 4.57 Å². The van der Waals surface area contributed by atoms with E-state index in [0.29, 0.717) is 23.9 Å². The number of nitrogens with one attached hydrogen (secondary N) is 1. The molecular weight excluding hydrogens is 340 g/mol. The first-order valence-electron chi connectivity index (χ1n) is 8.63. The highest BCUT2D eigenvalue weighted by atomic mass is 16.5. The first-order valence-corrected chi connectivity index (χ1v) is 8.63. The Balaban J connectivity index is 2.42. The van der Waals surface area contributed by atoms with Crippen LogP contribution in [0.1, 0.15) is 19.4 Å². The average Bonchev–Trinajstić information content (AvgIpc) is 2.68. The molecule has 1 heterocycles. The Hall–Kier alpha value is -3.21. The second-order valence-electron chi connectivity index (χ2n) is 6.09. The maximum absolute atomic E-state index is 12.3. The molecule has 0 amide bonds. The van der Waals surface area contributed by atoms with Gasteiger partial charge in [-0.05, 0) is 37.1 Å². The van der Waals surface area contributed by atoms with Crippen LogP contribution < -0.4 is 15.5 Å². The van der Waals surface area contributed by atoms with Gasteiger partial charge in [0.15, 0.2) is 5.75 Å². The molecule has 1 aromatic heterocycles. The number of anilines is 1. The van der Waals surface area contributed by atoms with Crippen molar-refractivity contribution in [1.29, 1.82) is 0 Å². The van der Waals surface area contributed by atoms with Gasteiger partial charge in [0.2, 0.25) is 5.43 Å². The maximum atomic E-state index is 12.3. The molecule has 142 valence electrons. The van der Waals surface area contributed by atoms with Gasteiger partial charge in [0.1, 0.15) is 11.6 Å². The molecule has 0 saturated carbocycles. The van der Waals surface area contributed by atoms with Crippen LogP contribution in [0.2, 0.25) is 0 Å². The fraction of sp³-hybridized carbons (Fsp3) is 0.227. The normalized spacial score (nSPS) is 12.2. The number of benzene rings is 1. The monoisotopic (exact) mass is 366 g/mol. The van der Waals surface area contributed by atoms with Gasteiger partial charge in [-0.25, -0.2) is 0 Å². The SMILES string of the molecule is C=C/C(=C\C(C)=C(/C)Nc1cc(=O)c(OC)cn1Cc1ccccc1)OC. The highest BCUT2D eigenvalue weighted by Gasteiger charge is 2.09. The molecule has 0 fully saturated rings. The molecule has 0 radical (unpaired) electrons. The molecular formula is C22H26N2O3. The molecule has 0 aliphatic rings. The van der Waals surface area contributed by atoms with Crippen molar-refractivity contribution in [2.75, 3.05) is 19.5 Å². The van der Waals surface area contributed by atoms with E-state index < -0.39 is 0 Å². The minimum absolute atomic E-state index is 0.172. The van der Waals surface area contributed by atoms with Gasteiger partial charge in [0.25, 0.3) is 0 Å². The Morgan fingerprint density at radius 3 is 2.52 bits per heavy atom. The summed E-state index contributed by atoms with van der Waals surface area (Å²) in [5, 5.41) is 3.33. The molecule has 5 nitrogen and oxygen atoms in total. The Bertz CT molecular complexity index is 909. The van der Waals surface area contributed by atoms with Gasteiger partial charge in [-0.2, -0.15) is 0 Å². The van der Waals surface area contributed by atoms with Crippen molar-refractivity contribution >= 4 is 5.82 Å². The fourth-order valence-electron chi connectivity index (χ4n) is 2.54. The highest BCUT2D eigenvalue weighted by molar-refractivity contribution is 5.47. The largest absolute Gasteiger partial charge is 0.497 e. The second-order valence-corrected chi connectivity index (χ2v) is 6.09. The summed E-state index contributed by atoms with van der Waals surface area (Å²) in [6.07, 6.45) is 5.26. The molecule has 0 aliphatic heterocycles. The van der Waals surface area contributed by atoms with E-state index in [1.807, 2.05) is 54.8 Å². The summed E-state index contributed by atoms with van der Waals surface area (Å²) in [6.45, 7) is 8.25. The Morgan fingerprint density at radius 2 is 1.93 bits per heavy atom. The van der Waals surface area contributed by atoms with Crippen LogP contribution in [0.25, 0.3) is 0 Å². The lowest BCUT2D eigenvalue weighted by atomic mass is 10.2. The van der Waals surface area contributed by atoms with Crippen molar-refractivity contribution in [3.05, 3.63) is 94.1 Å². The number of hydrogen-bond acceptors (Lipinski definition) is 4. The van der Waals surface area contributed by atoms with Crippen molar-refractivity contribution in [3.63, 3.8) is 0 Å². The van der Waals surface area contributed by atoms with Crippen molar-refractivity contribution in [3.8, 4) is 5.75 Å². The number of ether oxygens (including phenoxy) is 2. The van der Waals surface area contributed by atoms with Crippen LogP contribution in [0.15, 0.2) is 83.1 Å². The lowest BCUT2D eigenvalue weighted by Gasteiger charge is -2.18. The van der Waals surface area contributed by atoms with Crippen LogP contribution in [0, 0.1) is 0 Å². The zero-order valence-electron chi connectivity index (χ0n) is 16.3. The van der Waals surface area contributed by atoms with Gasteiger partial charge < -0.3 is 19.4 Å². The molecule has 0 spiro atoms. The van der Waals surface area contributed by atoms with Crippen LogP contribution in [-0.4, -0.2) is 18.8 Å². The molecule has 2 aromatic rings. The molecule has 2 rings (SSSR count). The number of methoxy groups -OCH3 is 2. The van der Waals surface area contributed by atoms with E-state index in [4.69, 9.17) is 9.47 Å². The summed E-state index contributed by atoms with van der Waals surface area (Å²) in [5.74, 6) is 1.67. The van der Waals surface area contributed by atoms with E-state index in [-0.39, 0.29) is 5.43 Å². The third-order valence-corrected chi connectivity index (χ3v) is 4.21. The Morgan fingerprint density at radius 1 is 1.22 bits per heavy atom.